The molecule has 2 N–H and O–H groups in total. The third-order valence-corrected chi connectivity index (χ3v) is 3.87. The summed E-state index contributed by atoms with van der Waals surface area (Å²) in [4.78, 5) is 34.5. The molecule has 118 valence electrons. The second kappa shape index (κ2) is 5.76. The molecule has 0 radical (unpaired) electrons. The van der Waals surface area contributed by atoms with Gasteiger partial charge in [-0.3, -0.25) is 14.7 Å². The van der Waals surface area contributed by atoms with Gasteiger partial charge in [0.05, 0.1) is 5.69 Å². The van der Waals surface area contributed by atoms with Crippen molar-refractivity contribution in [3.63, 3.8) is 0 Å². The van der Waals surface area contributed by atoms with E-state index in [1.165, 1.54) is 27.6 Å². The van der Waals surface area contributed by atoms with Crippen molar-refractivity contribution in [2.75, 3.05) is 0 Å². The van der Waals surface area contributed by atoms with Crippen LogP contribution in [0.3, 0.4) is 0 Å². The predicted molar refractivity (Wildman–Crippen MR) is 84.4 cm³/mol. The highest BCUT2D eigenvalue weighted by atomic mass is 79.9. The minimum atomic E-state index is -0.171. The minimum Gasteiger partial charge on any atom is -0.278 e. The lowest BCUT2D eigenvalue weighted by Gasteiger charge is -1.95. The molecule has 0 aliphatic carbocycles. The fourth-order valence-electron chi connectivity index (χ4n) is 1.88. The predicted octanol–water partition coefficient (Wildman–Crippen LogP) is 0.215. The third-order valence-electron chi connectivity index (χ3n) is 2.96. The smallest absolute Gasteiger partial charge is 0.278 e. The summed E-state index contributed by atoms with van der Waals surface area (Å²) in [7, 11) is 0. The van der Waals surface area contributed by atoms with Crippen molar-refractivity contribution >= 4 is 27.5 Å². The highest BCUT2D eigenvalue weighted by molar-refractivity contribution is 9.10. The normalized spacial score (nSPS) is 10.7. The van der Waals surface area contributed by atoms with Crippen molar-refractivity contribution in [1.29, 1.82) is 0 Å². The van der Waals surface area contributed by atoms with Crippen LogP contribution in [0.15, 0.2) is 32.8 Å². The summed E-state index contributed by atoms with van der Waals surface area (Å²) in [5.74, 6) is 0.871. The Kier molecular flexibility index (Phi) is 3.78. The number of aromatic nitrogens is 8. The van der Waals surface area contributed by atoms with E-state index in [1.807, 2.05) is 0 Å². The van der Waals surface area contributed by atoms with Gasteiger partial charge in [-0.15, -0.1) is 0 Å². The number of hydrogen-bond donors (Lipinski definition) is 2. The molecular formula is C12H11BrN8O2. The van der Waals surface area contributed by atoms with E-state index in [1.54, 1.807) is 13.8 Å². The highest BCUT2D eigenvalue weighted by Gasteiger charge is 2.06. The van der Waals surface area contributed by atoms with E-state index in [9.17, 15) is 9.59 Å². The molecule has 4 rings (SSSR count). The quantitative estimate of drug-likeness (QED) is 0.450. The molecule has 0 amide bonds. The lowest BCUT2D eigenvalue weighted by Crippen LogP contribution is -2.17. The number of H-pyrrole nitrogens is 2. The van der Waals surface area contributed by atoms with Crippen LogP contribution in [0.1, 0.15) is 11.4 Å². The molecular weight excluding hydrogens is 368 g/mol. The maximum absolute atomic E-state index is 11.4. The van der Waals surface area contributed by atoms with Gasteiger partial charge in [-0.1, -0.05) is 0 Å². The number of aromatic amines is 2. The second-order valence-corrected chi connectivity index (χ2v) is 5.42. The molecule has 4 heterocycles. The Balaban J connectivity index is 0.000000136. The van der Waals surface area contributed by atoms with Crippen LogP contribution < -0.4 is 11.1 Å². The fraction of sp³-hybridized carbons (Fsp3) is 0.167. The van der Waals surface area contributed by atoms with E-state index < -0.39 is 0 Å². The van der Waals surface area contributed by atoms with Crippen LogP contribution in [0.5, 0.6) is 0 Å². The number of rotatable bonds is 0. The summed E-state index contributed by atoms with van der Waals surface area (Å²) in [6.07, 6.45) is 2.83. The van der Waals surface area contributed by atoms with Crippen molar-refractivity contribution in [2.45, 2.75) is 13.8 Å². The first-order valence-electron chi connectivity index (χ1n) is 6.45. The number of nitrogens with one attached hydrogen (secondary N) is 2. The lowest BCUT2D eigenvalue weighted by atomic mass is 10.4. The topological polar surface area (TPSA) is 126 Å². The lowest BCUT2D eigenvalue weighted by molar-refractivity contribution is 0.880. The first-order chi connectivity index (χ1) is 11.0. The molecule has 0 aliphatic heterocycles. The average molecular weight is 379 g/mol. The number of nitrogens with zero attached hydrogens (tertiary/aromatic N) is 6. The van der Waals surface area contributed by atoms with Gasteiger partial charge in [0, 0.05) is 11.8 Å². The van der Waals surface area contributed by atoms with Crippen LogP contribution in [0.4, 0.5) is 0 Å². The summed E-state index contributed by atoms with van der Waals surface area (Å²) < 4.78 is 3.09. The zero-order chi connectivity index (χ0) is 16.6. The Labute approximate surface area is 136 Å². The summed E-state index contributed by atoms with van der Waals surface area (Å²) in [5, 5.41) is 8.94. The molecule has 0 aliphatic rings. The van der Waals surface area contributed by atoms with Gasteiger partial charge >= 0.3 is 0 Å². The summed E-state index contributed by atoms with van der Waals surface area (Å²) in [5.41, 5.74) is 1.06. The van der Waals surface area contributed by atoms with Gasteiger partial charge in [-0.25, -0.2) is 24.5 Å². The fourth-order valence-corrected chi connectivity index (χ4v) is 2.15. The van der Waals surface area contributed by atoms with Crippen molar-refractivity contribution < 1.29 is 0 Å². The van der Waals surface area contributed by atoms with Crippen LogP contribution in [0.25, 0.3) is 11.6 Å². The molecule has 0 unspecified atom stereocenters. The monoisotopic (exact) mass is 378 g/mol. The number of halogens is 1. The third kappa shape index (κ3) is 2.77. The molecule has 0 saturated carbocycles. The Bertz CT molecular complexity index is 1110. The Morgan fingerprint density at radius 3 is 2.78 bits per heavy atom. The number of hydrogen-bond acceptors (Lipinski definition) is 6. The Morgan fingerprint density at radius 2 is 2.00 bits per heavy atom. The van der Waals surface area contributed by atoms with Crippen LogP contribution in [-0.4, -0.2) is 39.2 Å². The van der Waals surface area contributed by atoms with E-state index in [2.05, 4.69) is 46.2 Å². The average Bonchev–Trinajstić information content (AvgIpc) is 3.14. The maximum Gasteiger partial charge on any atom is 0.288 e. The molecule has 11 heteroatoms. The molecule has 0 fully saturated rings. The highest BCUT2D eigenvalue weighted by Crippen LogP contribution is 2.07. The maximum atomic E-state index is 11.4. The van der Waals surface area contributed by atoms with Crippen LogP contribution in [-0.2, 0) is 0 Å². The molecule has 0 atom stereocenters. The van der Waals surface area contributed by atoms with Crippen molar-refractivity contribution in [1.82, 2.24) is 39.2 Å². The first-order valence-corrected chi connectivity index (χ1v) is 7.24. The van der Waals surface area contributed by atoms with E-state index in [4.69, 9.17) is 0 Å². The van der Waals surface area contributed by atoms with E-state index >= 15 is 0 Å². The Morgan fingerprint density at radius 1 is 1.22 bits per heavy atom. The van der Waals surface area contributed by atoms with Gasteiger partial charge in [-0.05, 0) is 29.8 Å². The molecule has 23 heavy (non-hydrogen) atoms. The van der Waals surface area contributed by atoms with Gasteiger partial charge in [-0.2, -0.15) is 9.61 Å². The SMILES string of the molecule is Cc1cc(=O)n2cn[nH]c2n1.Cc1nc2nc[nH]n2c(=O)c1Br. The molecule has 10 nitrogen and oxygen atoms in total. The zero-order valence-electron chi connectivity index (χ0n) is 12.1. The molecule has 4 aromatic heterocycles. The van der Waals surface area contributed by atoms with E-state index in [0.717, 1.165) is 0 Å². The van der Waals surface area contributed by atoms with E-state index in [0.29, 0.717) is 27.4 Å². The van der Waals surface area contributed by atoms with Crippen molar-refractivity contribution in [3.05, 3.63) is 55.3 Å². The molecule has 0 saturated heterocycles. The number of fused-ring (bicyclic) bond motifs is 2. The Hall–Kier alpha value is -2.82. The minimum absolute atomic E-state index is 0.110. The van der Waals surface area contributed by atoms with Gasteiger partial charge < -0.3 is 0 Å². The van der Waals surface area contributed by atoms with Crippen molar-refractivity contribution in [2.24, 2.45) is 0 Å². The summed E-state index contributed by atoms with van der Waals surface area (Å²) in [6, 6.07) is 1.46. The van der Waals surface area contributed by atoms with Crippen LogP contribution in [0, 0.1) is 13.8 Å². The van der Waals surface area contributed by atoms with Crippen LogP contribution >= 0.6 is 15.9 Å². The molecule has 0 spiro atoms. The van der Waals surface area contributed by atoms with Gasteiger partial charge in [0.2, 0.25) is 5.78 Å². The van der Waals surface area contributed by atoms with Gasteiger partial charge in [0.1, 0.15) is 17.1 Å². The largest absolute Gasteiger partial charge is 0.288 e. The standard InChI is InChI=1S/C6H5BrN4O.C6H6N4O/c1-3-4(7)5(12)11-6(10-3)8-2-9-11;1-4-2-5(11)10-3-7-9-6(10)8-4/h2H,1H3,(H,8,9,10);2-3H,1H3,(H,8,9). The summed E-state index contributed by atoms with van der Waals surface area (Å²) >= 11 is 3.14. The molecule has 0 bridgehead atoms. The van der Waals surface area contributed by atoms with E-state index in [-0.39, 0.29) is 11.1 Å². The van der Waals surface area contributed by atoms with Gasteiger partial charge in [0.15, 0.2) is 0 Å². The first kappa shape index (κ1) is 15.1. The molecule has 0 aromatic carbocycles. The van der Waals surface area contributed by atoms with Gasteiger partial charge in [0.25, 0.3) is 16.9 Å². The van der Waals surface area contributed by atoms with Crippen LogP contribution in [0.2, 0.25) is 0 Å². The molecule has 4 aromatic rings. The summed E-state index contributed by atoms with van der Waals surface area (Å²) in [6.45, 7) is 3.52. The second-order valence-electron chi connectivity index (χ2n) is 4.62. The number of aryl methyl sites for hydroxylation is 2. The zero-order valence-corrected chi connectivity index (χ0v) is 13.7. The van der Waals surface area contributed by atoms with Crippen molar-refractivity contribution in [3.8, 4) is 0 Å².